The summed E-state index contributed by atoms with van der Waals surface area (Å²) >= 11 is 0. The normalized spacial score (nSPS) is 11.4. The first-order valence-electron chi connectivity index (χ1n) is 5.25. The van der Waals surface area contributed by atoms with E-state index in [0.29, 0.717) is 12.2 Å². The van der Waals surface area contributed by atoms with E-state index >= 15 is 0 Å². The molecule has 3 N–H and O–H groups in total. The van der Waals surface area contributed by atoms with Gasteiger partial charge in [-0.15, -0.1) is 0 Å². The Morgan fingerprint density at radius 2 is 2.33 bits per heavy atom. The fourth-order valence-electron chi connectivity index (χ4n) is 1.21. The first-order chi connectivity index (χ1) is 8.43. The Bertz CT molecular complexity index is 496. The molecule has 18 heavy (non-hydrogen) atoms. The minimum Gasteiger partial charge on any atom is -0.469 e. The number of nitrogen functional groups attached to an aromatic ring is 1. The van der Waals surface area contributed by atoms with Crippen molar-refractivity contribution in [2.75, 3.05) is 25.1 Å². The summed E-state index contributed by atoms with van der Waals surface area (Å²) in [5, 5.41) is 3.91. The van der Waals surface area contributed by atoms with Crippen molar-refractivity contribution in [3.63, 3.8) is 0 Å². The number of ether oxygens (including phenoxy) is 1. The molecule has 0 spiro atoms. The minimum absolute atomic E-state index is 0.166. The summed E-state index contributed by atoms with van der Waals surface area (Å²) in [5.74, 6) is -0.846. The Balaban J connectivity index is 2.31. The number of esters is 1. The van der Waals surface area contributed by atoms with E-state index in [-0.39, 0.29) is 18.7 Å². The highest BCUT2D eigenvalue weighted by Crippen LogP contribution is 1.97. The van der Waals surface area contributed by atoms with Crippen LogP contribution < -0.4 is 10.5 Å². The second kappa shape index (κ2) is 6.36. The van der Waals surface area contributed by atoms with E-state index in [2.05, 4.69) is 14.6 Å². The fourth-order valence-corrected chi connectivity index (χ4v) is 2.19. The smallest absolute Gasteiger partial charge is 0.306 e. The van der Waals surface area contributed by atoms with Gasteiger partial charge in [-0.3, -0.25) is 9.48 Å². The zero-order chi connectivity index (χ0) is 13.6. The molecule has 0 saturated heterocycles. The number of nitrogens with one attached hydrogen (secondary N) is 1. The van der Waals surface area contributed by atoms with E-state index in [1.54, 1.807) is 6.20 Å². The highest BCUT2D eigenvalue weighted by atomic mass is 32.2. The van der Waals surface area contributed by atoms with Gasteiger partial charge in [0.25, 0.3) is 0 Å². The maximum absolute atomic E-state index is 11.5. The van der Waals surface area contributed by atoms with Crippen molar-refractivity contribution in [3.05, 3.63) is 12.4 Å². The van der Waals surface area contributed by atoms with Gasteiger partial charge in [0.2, 0.25) is 10.0 Å². The highest BCUT2D eigenvalue weighted by Gasteiger charge is 2.12. The van der Waals surface area contributed by atoms with Crippen molar-refractivity contribution in [3.8, 4) is 0 Å². The average Bonchev–Trinajstić information content (AvgIpc) is 2.72. The molecule has 0 aromatic carbocycles. The first kappa shape index (κ1) is 14.5. The SMILES string of the molecule is COC(=O)CCS(=O)(=O)NCCn1cc(N)cn1. The largest absolute Gasteiger partial charge is 0.469 e. The molecule has 102 valence electrons. The van der Waals surface area contributed by atoms with Crippen LogP contribution in [0.4, 0.5) is 5.69 Å². The Hall–Kier alpha value is -1.61. The zero-order valence-corrected chi connectivity index (χ0v) is 10.8. The van der Waals surface area contributed by atoms with Crippen molar-refractivity contribution in [1.82, 2.24) is 14.5 Å². The third kappa shape index (κ3) is 5.15. The summed E-state index contributed by atoms with van der Waals surface area (Å²) in [5.41, 5.74) is 5.98. The van der Waals surface area contributed by atoms with Gasteiger partial charge in [-0.05, 0) is 0 Å². The van der Waals surface area contributed by atoms with Crippen molar-refractivity contribution in [1.29, 1.82) is 0 Å². The summed E-state index contributed by atoms with van der Waals surface area (Å²) in [4.78, 5) is 10.8. The summed E-state index contributed by atoms with van der Waals surface area (Å²) in [6.45, 7) is 0.555. The molecule has 0 amide bonds. The summed E-state index contributed by atoms with van der Waals surface area (Å²) in [7, 11) is -2.26. The van der Waals surface area contributed by atoms with Gasteiger partial charge in [0, 0.05) is 12.7 Å². The molecule has 8 nitrogen and oxygen atoms in total. The van der Waals surface area contributed by atoms with Gasteiger partial charge in [-0.1, -0.05) is 0 Å². The van der Waals surface area contributed by atoms with Crippen LogP contribution in [0, 0.1) is 0 Å². The standard InChI is InChI=1S/C9H16N4O4S/c1-17-9(14)2-5-18(15,16)12-3-4-13-7-8(10)6-11-13/h6-7,12H,2-5,10H2,1H3. The molecule has 1 aromatic rings. The predicted octanol–water partition coefficient (Wildman–Crippen LogP) is -1.05. The van der Waals surface area contributed by atoms with Crippen LogP contribution >= 0.6 is 0 Å². The van der Waals surface area contributed by atoms with Crippen molar-refractivity contribution >= 4 is 21.7 Å². The second-order valence-corrected chi connectivity index (χ2v) is 5.50. The Kier molecular flexibility index (Phi) is 5.10. The lowest BCUT2D eigenvalue weighted by Gasteiger charge is -2.06. The molecule has 0 aliphatic heterocycles. The zero-order valence-electron chi connectivity index (χ0n) is 10.00. The van der Waals surface area contributed by atoms with E-state index < -0.39 is 16.0 Å². The number of carbonyl (C=O) groups is 1. The lowest BCUT2D eigenvalue weighted by atomic mass is 10.5. The second-order valence-electron chi connectivity index (χ2n) is 3.58. The van der Waals surface area contributed by atoms with E-state index in [1.807, 2.05) is 0 Å². The van der Waals surface area contributed by atoms with Crippen LogP contribution in [0.15, 0.2) is 12.4 Å². The van der Waals surface area contributed by atoms with Crippen molar-refractivity contribution in [2.24, 2.45) is 0 Å². The molecule has 1 heterocycles. The van der Waals surface area contributed by atoms with E-state index in [4.69, 9.17) is 5.73 Å². The van der Waals surface area contributed by atoms with Crippen LogP contribution in [0.1, 0.15) is 6.42 Å². The van der Waals surface area contributed by atoms with Gasteiger partial charge in [0.1, 0.15) is 0 Å². The van der Waals surface area contributed by atoms with E-state index in [0.717, 1.165) is 0 Å². The summed E-state index contributed by atoms with van der Waals surface area (Å²) < 4.78 is 31.2. The van der Waals surface area contributed by atoms with Crippen LogP contribution in [-0.2, 0) is 26.1 Å². The number of sulfonamides is 1. The number of nitrogens with two attached hydrogens (primary N) is 1. The Morgan fingerprint density at radius 3 is 2.89 bits per heavy atom. The number of aromatic nitrogens is 2. The van der Waals surface area contributed by atoms with Gasteiger partial charge in [0.05, 0.1) is 37.7 Å². The van der Waals surface area contributed by atoms with Gasteiger partial charge < -0.3 is 10.5 Å². The van der Waals surface area contributed by atoms with E-state index in [1.165, 1.54) is 18.0 Å². The molecule has 1 rings (SSSR count). The molecule has 0 aliphatic carbocycles. The highest BCUT2D eigenvalue weighted by molar-refractivity contribution is 7.89. The number of nitrogens with zero attached hydrogens (tertiary/aromatic N) is 2. The molecule has 1 aromatic heterocycles. The minimum atomic E-state index is -3.47. The van der Waals surface area contributed by atoms with E-state index in [9.17, 15) is 13.2 Å². The van der Waals surface area contributed by atoms with Crippen molar-refractivity contribution < 1.29 is 17.9 Å². The molecule has 0 radical (unpaired) electrons. The third-order valence-electron chi connectivity index (χ3n) is 2.12. The average molecular weight is 276 g/mol. The molecule has 9 heteroatoms. The summed E-state index contributed by atoms with van der Waals surface area (Å²) in [6, 6.07) is 0. The predicted molar refractivity (Wildman–Crippen MR) is 65.1 cm³/mol. The molecule has 0 saturated carbocycles. The maximum atomic E-state index is 11.5. The number of methoxy groups -OCH3 is 1. The number of rotatable bonds is 7. The maximum Gasteiger partial charge on any atom is 0.306 e. The van der Waals surface area contributed by atoms with Gasteiger partial charge in [-0.25, -0.2) is 13.1 Å². The Morgan fingerprint density at radius 1 is 1.61 bits per heavy atom. The first-order valence-corrected chi connectivity index (χ1v) is 6.90. The van der Waals surface area contributed by atoms with Crippen LogP contribution in [0.3, 0.4) is 0 Å². The van der Waals surface area contributed by atoms with Crippen molar-refractivity contribution in [2.45, 2.75) is 13.0 Å². The number of hydrogen-bond acceptors (Lipinski definition) is 6. The van der Waals surface area contributed by atoms with Crippen LogP contribution in [0.2, 0.25) is 0 Å². The molecule has 0 aliphatic rings. The number of carbonyl (C=O) groups excluding carboxylic acids is 1. The monoisotopic (exact) mass is 276 g/mol. The summed E-state index contributed by atoms with van der Waals surface area (Å²) in [6.07, 6.45) is 2.91. The van der Waals surface area contributed by atoms with Gasteiger partial charge >= 0.3 is 5.97 Å². The molecular weight excluding hydrogens is 260 g/mol. The molecular formula is C9H16N4O4S. The molecule has 0 atom stereocenters. The van der Waals surface area contributed by atoms with Crippen LogP contribution in [0.25, 0.3) is 0 Å². The van der Waals surface area contributed by atoms with Crippen LogP contribution in [-0.4, -0.2) is 43.6 Å². The molecule has 0 unspecified atom stereocenters. The Labute approximate surface area is 105 Å². The quantitative estimate of drug-likeness (QED) is 0.614. The lowest BCUT2D eigenvalue weighted by molar-refractivity contribution is -0.140. The third-order valence-corrected chi connectivity index (χ3v) is 3.50. The topological polar surface area (TPSA) is 116 Å². The molecule has 0 fully saturated rings. The molecule has 0 bridgehead atoms. The number of anilines is 1. The van der Waals surface area contributed by atoms with Gasteiger partial charge in [-0.2, -0.15) is 5.10 Å². The number of hydrogen-bond donors (Lipinski definition) is 2. The lowest BCUT2D eigenvalue weighted by Crippen LogP contribution is -2.30. The fraction of sp³-hybridized carbons (Fsp3) is 0.556. The van der Waals surface area contributed by atoms with Gasteiger partial charge in [0.15, 0.2) is 0 Å². The van der Waals surface area contributed by atoms with Crippen LogP contribution in [0.5, 0.6) is 0 Å².